The van der Waals surface area contributed by atoms with Crippen LogP contribution in [0.15, 0.2) is 36.4 Å². The lowest BCUT2D eigenvalue weighted by atomic mass is 10.1. The standard InChI is InChI=1S/C15H18N3O2.ClHO4/c1-11-13(16(2)3)10-14(18(19)20)15(17(11)4)12-8-6-5-7-9-12;2-1(3,4)5/h5-10H,1-4H3;(H,2,3,4,5)/q+1;/p-1. The lowest BCUT2D eigenvalue weighted by Crippen LogP contribution is -2.68. The van der Waals surface area contributed by atoms with Crippen molar-refractivity contribution in [2.75, 3.05) is 19.0 Å². The van der Waals surface area contributed by atoms with Crippen LogP contribution in [0.2, 0.25) is 0 Å². The van der Waals surface area contributed by atoms with Gasteiger partial charge in [0.25, 0.3) is 5.69 Å². The van der Waals surface area contributed by atoms with Crippen LogP contribution in [0.3, 0.4) is 0 Å². The van der Waals surface area contributed by atoms with Crippen LogP contribution < -0.4 is 28.1 Å². The second-order valence-electron chi connectivity index (χ2n) is 5.30. The van der Waals surface area contributed by atoms with Crippen molar-refractivity contribution in [3.8, 4) is 11.3 Å². The Kier molecular flexibility index (Phi) is 6.79. The van der Waals surface area contributed by atoms with Crippen molar-refractivity contribution < 1.29 is 38.4 Å². The normalized spacial score (nSPS) is 10.7. The Morgan fingerprint density at radius 3 is 1.96 bits per heavy atom. The van der Waals surface area contributed by atoms with Crippen molar-refractivity contribution in [3.63, 3.8) is 0 Å². The van der Waals surface area contributed by atoms with E-state index in [0.717, 1.165) is 16.9 Å². The van der Waals surface area contributed by atoms with Crippen molar-refractivity contribution in [2.45, 2.75) is 6.92 Å². The predicted molar refractivity (Wildman–Crippen MR) is 78.8 cm³/mol. The largest absolute Gasteiger partial charge is 0.372 e. The van der Waals surface area contributed by atoms with Crippen LogP contribution in [0.1, 0.15) is 5.69 Å². The molecule has 136 valence electrons. The van der Waals surface area contributed by atoms with Crippen LogP contribution in [-0.2, 0) is 7.05 Å². The number of aromatic nitrogens is 1. The maximum Gasteiger partial charge on any atom is 0.342 e. The summed E-state index contributed by atoms with van der Waals surface area (Å²) in [4.78, 5) is 13.0. The number of pyridine rings is 1. The van der Waals surface area contributed by atoms with E-state index in [0.29, 0.717) is 5.69 Å². The van der Waals surface area contributed by atoms with Crippen LogP contribution in [0, 0.1) is 27.3 Å². The minimum Gasteiger partial charge on any atom is -0.372 e. The number of hydrogen-bond acceptors (Lipinski definition) is 7. The Labute approximate surface area is 146 Å². The molecule has 0 aliphatic rings. The molecule has 0 bridgehead atoms. The number of rotatable bonds is 3. The van der Waals surface area contributed by atoms with E-state index in [9.17, 15) is 10.1 Å². The predicted octanol–water partition coefficient (Wildman–Crippen LogP) is -2.30. The molecule has 0 spiro atoms. The molecule has 2 rings (SSSR count). The first-order valence-electron chi connectivity index (χ1n) is 6.96. The van der Waals surface area contributed by atoms with Gasteiger partial charge in [-0.2, -0.15) is 4.57 Å². The lowest BCUT2D eigenvalue weighted by molar-refractivity contribution is -2.00. The van der Waals surface area contributed by atoms with Crippen LogP contribution in [0.5, 0.6) is 0 Å². The van der Waals surface area contributed by atoms with E-state index in [1.54, 1.807) is 6.07 Å². The molecule has 0 aliphatic heterocycles. The zero-order valence-corrected chi connectivity index (χ0v) is 14.9. The van der Waals surface area contributed by atoms with Gasteiger partial charge in [0.1, 0.15) is 12.7 Å². The molecule has 0 radical (unpaired) electrons. The second kappa shape index (κ2) is 8.19. The van der Waals surface area contributed by atoms with Crippen LogP contribution in [0.4, 0.5) is 11.4 Å². The molecular weight excluding hydrogens is 354 g/mol. The highest BCUT2D eigenvalue weighted by Crippen LogP contribution is 2.31. The molecule has 1 aromatic heterocycles. The number of halogens is 1. The van der Waals surface area contributed by atoms with Gasteiger partial charge in [-0.3, -0.25) is 10.1 Å². The highest BCUT2D eigenvalue weighted by molar-refractivity contribution is 5.70. The van der Waals surface area contributed by atoms with E-state index in [1.807, 2.05) is 67.9 Å². The molecular formula is C15H18ClN3O6. The fourth-order valence-corrected chi connectivity index (χ4v) is 2.34. The molecule has 0 saturated heterocycles. The smallest absolute Gasteiger partial charge is 0.342 e. The van der Waals surface area contributed by atoms with E-state index in [-0.39, 0.29) is 10.6 Å². The maximum absolute atomic E-state index is 11.4. The third-order valence-corrected chi connectivity index (χ3v) is 3.45. The summed E-state index contributed by atoms with van der Waals surface area (Å²) in [5.41, 5.74) is 3.42. The van der Waals surface area contributed by atoms with E-state index >= 15 is 0 Å². The van der Waals surface area contributed by atoms with Gasteiger partial charge in [0, 0.05) is 21.0 Å². The van der Waals surface area contributed by atoms with Gasteiger partial charge < -0.3 is 4.90 Å². The summed E-state index contributed by atoms with van der Waals surface area (Å²) >= 11 is 0. The zero-order chi connectivity index (χ0) is 19.4. The van der Waals surface area contributed by atoms with Crippen molar-refractivity contribution >= 4 is 11.4 Å². The first-order valence-corrected chi connectivity index (χ1v) is 8.19. The monoisotopic (exact) mass is 371 g/mol. The molecule has 25 heavy (non-hydrogen) atoms. The quantitative estimate of drug-likeness (QED) is 0.335. The Bertz CT molecular complexity index is 741. The fourth-order valence-electron chi connectivity index (χ4n) is 2.34. The number of hydrogen-bond donors (Lipinski definition) is 0. The van der Waals surface area contributed by atoms with Gasteiger partial charge in [-0.15, -0.1) is 10.2 Å². The molecule has 0 atom stereocenters. The summed E-state index contributed by atoms with van der Waals surface area (Å²) in [5.74, 6) is 0. The van der Waals surface area contributed by atoms with Crippen LogP contribution >= 0.6 is 0 Å². The van der Waals surface area contributed by atoms with Gasteiger partial charge in [0.05, 0.1) is 16.6 Å². The molecule has 0 N–H and O–H groups in total. The Balaban J connectivity index is 0.000000550. The summed E-state index contributed by atoms with van der Waals surface area (Å²) < 4.78 is 35.8. The van der Waals surface area contributed by atoms with Gasteiger partial charge in [-0.25, -0.2) is 18.6 Å². The van der Waals surface area contributed by atoms with E-state index < -0.39 is 10.2 Å². The molecule has 0 saturated carbocycles. The Morgan fingerprint density at radius 1 is 1.08 bits per heavy atom. The second-order valence-corrected chi connectivity index (χ2v) is 6.06. The molecule has 0 aliphatic carbocycles. The topological polar surface area (TPSA) is 142 Å². The average molecular weight is 372 g/mol. The molecule has 10 heteroatoms. The molecule has 1 heterocycles. The maximum atomic E-state index is 11.4. The highest BCUT2D eigenvalue weighted by atomic mass is 35.7. The van der Waals surface area contributed by atoms with Crippen LogP contribution in [-0.4, -0.2) is 19.0 Å². The van der Waals surface area contributed by atoms with Gasteiger partial charge in [0.15, 0.2) is 0 Å². The SMILES string of the molecule is Cc1c(N(C)C)cc([N+](=O)[O-])c(-c2ccccc2)[n+]1C.[O-][Cl+3]([O-])([O-])[O-]. The summed E-state index contributed by atoms with van der Waals surface area (Å²) in [6.45, 7) is 1.96. The average Bonchev–Trinajstić information content (AvgIpc) is 2.48. The highest BCUT2D eigenvalue weighted by Gasteiger charge is 2.29. The number of nitro groups is 1. The van der Waals surface area contributed by atoms with Crippen LogP contribution in [0.25, 0.3) is 11.3 Å². The van der Waals surface area contributed by atoms with Crippen molar-refractivity contribution in [1.82, 2.24) is 0 Å². The lowest BCUT2D eigenvalue weighted by Gasteiger charge is -2.17. The summed E-state index contributed by atoms with van der Waals surface area (Å²) in [6, 6.07) is 11.1. The van der Waals surface area contributed by atoms with Gasteiger partial charge in [-0.05, 0) is 12.1 Å². The molecule has 9 nitrogen and oxygen atoms in total. The Morgan fingerprint density at radius 2 is 1.56 bits per heavy atom. The first-order chi connectivity index (χ1) is 11.4. The van der Waals surface area contributed by atoms with Crippen molar-refractivity contribution in [3.05, 3.63) is 52.2 Å². The fraction of sp³-hybridized carbons (Fsp3) is 0.267. The zero-order valence-electron chi connectivity index (χ0n) is 14.1. The minimum absolute atomic E-state index is 0.119. The third-order valence-electron chi connectivity index (χ3n) is 3.45. The first kappa shape index (κ1) is 20.7. The number of benzene rings is 1. The van der Waals surface area contributed by atoms with E-state index in [4.69, 9.17) is 18.6 Å². The number of nitrogens with zero attached hydrogens (tertiary/aromatic N) is 3. The molecule has 2 aromatic rings. The number of anilines is 1. The Hall–Kier alpha value is -2.30. The summed E-state index contributed by atoms with van der Waals surface area (Å²) in [7, 11) is 0.681. The minimum atomic E-state index is -4.94. The molecule has 1 aromatic carbocycles. The van der Waals surface area contributed by atoms with Gasteiger partial charge >= 0.3 is 5.69 Å². The molecule has 0 fully saturated rings. The van der Waals surface area contributed by atoms with E-state index in [1.165, 1.54) is 0 Å². The van der Waals surface area contributed by atoms with Gasteiger partial charge in [0.2, 0.25) is 5.69 Å². The molecule has 0 amide bonds. The summed E-state index contributed by atoms with van der Waals surface area (Å²) in [6.07, 6.45) is 0. The summed E-state index contributed by atoms with van der Waals surface area (Å²) in [5, 5.41) is 11.4. The van der Waals surface area contributed by atoms with E-state index in [2.05, 4.69) is 0 Å². The third kappa shape index (κ3) is 5.93. The van der Waals surface area contributed by atoms with Gasteiger partial charge in [-0.1, -0.05) is 18.2 Å². The molecule has 0 unspecified atom stereocenters. The van der Waals surface area contributed by atoms with Crippen molar-refractivity contribution in [2.24, 2.45) is 7.05 Å². The van der Waals surface area contributed by atoms with Crippen molar-refractivity contribution in [1.29, 1.82) is 0 Å².